The van der Waals surface area contributed by atoms with Crippen molar-refractivity contribution in [2.24, 2.45) is 0 Å². The number of pyridine rings is 1. The molecule has 26 heavy (non-hydrogen) atoms. The summed E-state index contributed by atoms with van der Waals surface area (Å²) in [5.74, 6) is -0.409. The number of hydrogen-bond acceptors (Lipinski definition) is 4. The van der Waals surface area contributed by atoms with E-state index in [1.165, 1.54) is 30.0 Å². The molecule has 2 aromatic carbocycles. The Morgan fingerprint density at radius 2 is 1.85 bits per heavy atom. The van der Waals surface area contributed by atoms with Gasteiger partial charge < -0.3 is 10.1 Å². The maximum atomic E-state index is 12.6. The Morgan fingerprint density at radius 3 is 2.62 bits per heavy atom. The quantitative estimate of drug-likeness (QED) is 0.655. The van der Waals surface area contributed by atoms with Gasteiger partial charge in [0.25, 0.3) is 5.91 Å². The summed E-state index contributed by atoms with van der Waals surface area (Å²) >= 11 is 1.37. The van der Waals surface area contributed by atoms with Gasteiger partial charge in [0, 0.05) is 22.8 Å². The Kier molecular flexibility index (Phi) is 5.80. The first-order valence-corrected chi connectivity index (χ1v) is 8.47. The maximum absolute atomic E-state index is 12.6. The molecule has 0 bridgehead atoms. The first-order valence-electron chi connectivity index (χ1n) is 7.66. The number of alkyl halides is 2. The minimum Gasteiger partial charge on any atom is -0.435 e. The van der Waals surface area contributed by atoms with E-state index in [-0.39, 0.29) is 11.7 Å². The normalized spacial score (nSPS) is 10.6. The standard InChI is InChI=1S/C19H14F2N2O2S/c20-19(21)25-14-7-4-6-13(12-14)23-17(24)16-10-5-11-22-18(16)26-15-8-2-1-3-9-15/h1-12,19H,(H,23,24). The number of hydrogen-bond donors (Lipinski definition) is 1. The molecule has 3 rings (SSSR count). The van der Waals surface area contributed by atoms with Gasteiger partial charge in [0.05, 0.1) is 5.56 Å². The van der Waals surface area contributed by atoms with Crippen molar-refractivity contribution in [3.05, 3.63) is 78.5 Å². The van der Waals surface area contributed by atoms with Crippen molar-refractivity contribution < 1.29 is 18.3 Å². The monoisotopic (exact) mass is 372 g/mol. The molecule has 0 aliphatic heterocycles. The molecule has 3 aromatic rings. The second-order valence-electron chi connectivity index (χ2n) is 5.13. The molecule has 0 atom stereocenters. The molecule has 0 aliphatic rings. The van der Waals surface area contributed by atoms with E-state index in [4.69, 9.17) is 0 Å². The lowest BCUT2D eigenvalue weighted by Crippen LogP contribution is -2.13. The van der Waals surface area contributed by atoms with Gasteiger partial charge in [0.15, 0.2) is 0 Å². The van der Waals surface area contributed by atoms with Gasteiger partial charge in [-0.2, -0.15) is 8.78 Å². The predicted molar refractivity (Wildman–Crippen MR) is 95.8 cm³/mol. The number of benzene rings is 2. The number of anilines is 1. The summed E-state index contributed by atoms with van der Waals surface area (Å²) in [4.78, 5) is 17.8. The molecule has 132 valence electrons. The molecule has 1 aromatic heterocycles. The van der Waals surface area contributed by atoms with E-state index in [2.05, 4.69) is 15.0 Å². The molecule has 0 saturated carbocycles. The number of amides is 1. The number of nitrogens with zero attached hydrogens (tertiary/aromatic N) is 1. The SMILES string of the molecule is O=C(Nc1cccc(OC(F)F)c1)c1cccnc1Sc1ccccc1. The van der Waals surface area contributed by atoms with Crippen molar-refractivity contribution in [2.45, 2.75) is 16.5 Å². The number of carbonyl (C=O) groups is 1. The maximum Gasteiger partial charge on any atom is 0.387 e. The first-order chi connectivity index (χ1) is 12.6. The molecule has 0 radical (unpaired) electrons. The van der Waals surface area contributed by atoms with Crippen LogP contribution in [-0.2, 0) is 0 Å². The molecule has 0 fully saturated rings. The summed E-state index contributed by atoms with van der Waals surface area (Å²) in [6, 6.07) is 18.7. The number of aromatic nitrogens is 1. The van der Waals surface area contributed by atoms with Crippen LogP contribution < -0.4 is 10.1 Å². The molecule has 7 heteroatoms. The van der Waals surface area contributed by atoms with E-state index in [9.17, 15) is 13.6 Å². The van der Waals surface area contributed by atoms with Crippen LogP contribution in [0.3, 0.4) is 0 Å². The highest BCUT2D eigenvalue weighted by atomic mass is 32.2. The van der Waals surface area contributed by atoms with E-state index in [1.54, 1.807) is 24.4 Å². The Bertz CT molecular complexity index is 891. The molecule has 4 nitrogen and oxygen atoms in total. The molecular formula is C19H14F2N2O2S. The highest BCUT2D eigenvalue weighted by Gasteiger charge is 2.14. The Balaban J connectivity index is 1.78. The second-order valence-corrected chi connectivity index (χ2v) is 6.19. The predicted octanol–water partition coefficient (Wildman–Crippen LogP) is 5.09. The number of carbonyl (C=O) groups excluding carboxylic acids is 1. The molecule has 0 aliphatic carbocycles. The Hall–Kier alpha value is -2.93. The average molecular weight is 372 g/mol. The summed E-state index contributed by atoms with van der Waals surface area (Å²) in [5.41, 5.74) is 0.745. The molecule has 0 unspecified atom stereocenters. The number of rotatable bonds is 6. The molecule has 1 amide bonds. The minimum absolute atomic E-state index is 0.0251. The summed E-state index contributed by atoms with van der Waals surface area (Å²) < 4.78 is 29.0. The lowest BCUT2D eigenvalue weighted by molar-refractivity contribution is -0.0497. The van der Waals surface area contributed by atoms with Crippen molar-refractivity contribution in [3.8, 4) is 5.75 Å². The van der Waals surface area contributed by atoms with Gasteiger partial charge in [0.1, 0.15) is 10.8 Å². The number of halogens is 2. The van der Waals surface area contributed by atoms with Crippen molar-refractivity contribution in [2.75, 3.05) is 5.32 Å². The van der Waals surface area contributed by atoms with Crippen LogP contribution in [0.1, 0.15) is 10.4 Å². The fourth-order valence-electron chi connectivity index (χ4n) is 2.19. The van der Waals surface area contributed by atoms with Crippen LogP contribution in [-0.4, -0.2) is 17.5 Å². The van der Waals surface area contributed by atoms with E-state index in [0.29, 0.717) is 16.3 Å². The average Bonchev–Trinajstić information content (AvgIpc) is 2.63. The third kappa shape index (κ3) is 4.80. The molecule has 1 heterocycles. The third-order valence-corrected chi connectivity index (χ3v) is 4.32. The Morgan fingerprint density at radius 1 is 1.04 bits per heavy atom. The summed E-state index contributed by atoms with van der Waals surface area (Å²) in [5, 5.41) is 3.23. The highest BCUT2D eigenvalue weighted by Crippen LogP contribution is 2.29. The summed E-state index contributed by atoms with van der Waals surface area (Å²) in [6.45, 7) is -2.92. The van der Waals surface area contributed by atoms with Crippen LogP contribution in [0.4, 0.5) is 14.5 Å². The third-order valence-electron chi connectivity index (χ3n) is 3.29. The molecule has 1 N–H and O–H groups in total. The van der Waals surface area contributed by atoms with Gasteiger partial charge in [-0.05, 0) is 36.4 Å². The van der Waals surface area contributed by atoms with Gasteiger partial charge in [-0.1, -0.05) is 36.0 Å². The number of ether oxygens (including phenoxy) is 1. The zero-order valence-electron chi connectivity index (χ0n) is 13.4. The largest absolute Gasteiger partial charge is 0.435 e. The van der Waals surface area contributed by atoms with E-state index < -0.39 is 6.61 Å². The van der Waals surface area contributed by atoms with Crippen molar-refractivity contribution in [1.29, 1.82) is 0 Å². The molecule has 0 spiro atoms. The lowest BCUT2D eigenvalue weighted by atomic mass is 10.2. The van der Waals surface area contributed by atoms with Crippen LogP contribution in [0.5, 0.6) is 5.75 Å². The van der Waals surface area contributed by atoms with Crippen LogP contribution in [0.25, 0.3) is 0 Å². The van der Waals surface area contributed by atoms with Gasteiger partial charge in [-0.3, -0.25) is 4.79 Å². The van der Waals surface area contributed by atoms with Crippen LogP contribution in [0, 0.1) is 0 Å². The van der Waals surface area contributed by atoms with E-state index in [1.807, 2.05) is 30.3 Å². The van der Waals surface area contributed by atoms with Crippen LogP contribution >= 0.6 is 11.8 Å². The van der Waals surface area contributed by atoms with Gasteiger partial charge in [-0.15, -0.1) is 0 Å². The Labute approximate surface area is 153 Å². The smallest absolute Gasteiger partial charge is 0.387 e. The van der Waals surface area contributed by atoms with E-state index >= 15 is 0 Å². The summed E-state index contributed by atoms with van der Waals surface area (Å²) in [7, 11) is 0. The summed E-state index contributed by atoms with van der Waals surface area (Å²) in [6.07, 6.45) is 1.61. The number of nitrogens with one attached hydrogen (secondary N) is 1. The van der Waals surface area contributed by atoms with Gasteiger partial charge in [-0.25, -0.2) is 4.98 Å². The van der Waals surface area contributed by atoms with Gasteiger partial charge in [0.2, 0.25) is 0 Å². The zero-order chi connectivity index (χ0) is 18.4. The van der Waals surface area contributed by atoms with Crippen molar-refractivity contribution >= 4 is 23.4 Å². The van der Waals surface area contributed by atoms with E-state index in [0.717, 1.165) is 4.90 Å². The first kappa shape index (κ1) is 17.9. The van der Waals surface area contributed by atoms with Crippen molar-refractivity contribution in [3.63, 3.8) is 0 Å². The fourth-order valence-corrected chi connectivity index (χ4v) is 3.09. The molecule has 0 saturated heterocycles. The van der Waals surface area contributed by atoms with Gasteiger partial charge >= 0.3 is 6.61 Å². The fraction of sp³-hybridized carbons (Fsp3) is 0.0526. The highest BCUT2D eigenvalue weighted by molar-refractivity contribution is 7.99. The van der Waals surface area contributed by atoms with Crippen molar-refractivity contribution in [1.82, 2.24) is 4.98 Å². The van der Waals surface area contributed by atoms with Crippen LogP contribution in [0.2, 0.25) is 0 Å². The zero-order valence-corrected chi connectivity index (χ0v) is 14.2. The second kappa shape index (κ2) is 8.44. The molecular weight excluding hydrogens is 358 g/mol. The van der Waals surface area contributed by atoms with Crippen LogP contribution in [0.15, 0.2) is 82.8 Å². The lowest BCUT2D eigenvalue weighted by Gasteiger charge is -2.10. The minimum atomic E-state index is -2.92. The topological polar surface area (TPSA) is 51.2 Å².